The molecule has 0 unspecified atom stereocenters. The van der Waals surface area contributed by atoms with Crippen molar-refractivity contribution in [1.29, 1.82) is 0 Å². The van der Waals surface area contributed by atoms with Crippen LogP contribution in [0.1, 0.15) is 11.4 Å². The molecule has 0 aliphatic carbocycles. The van der Waals surface area contributed by atoms with Gasteiger partial charge in [0.15, 0.2) is 0 Å². The predicted molar refractivity (Wildman–Crippen MR) is 35.1 cm³/mol. The fourth-order valence-electron chi connectivity index (χ4n) is 0.797. The maximum atomic E-state index is 8.68. The molecule has 0 atom stereocenters. The molecule has 10 heavy (non-hydrogen) atoms. The van der Waals surface area contributed by atoms with E-state index in [-0.39, 0.29) is 13.2 Å². The van der Waals surface area contributed by atoms with Crippen molar-refractivity contribution in [2.75, 3.05) is 0 Å². The van der Waals surface area contributed by atoms with E-state index in [4.69, 9.17) is 10.2 Å². The molecule has 0 saturated heterocycles. The minimum Gasteiger partial charge on any atom is -0.390 e. The molecule has 1 aromatic rings. The second kappa shape index (κ2) is 2.81. The number of aryl methyl sites for hydroxylation is 1. The molecular formula is C6H10N2O2. The normalized spacial score (nSPS) is 10.3. The van der Waals surface area contributed by atoms with Crippen LogP contribution in [0.25, 0.3) is 0 Å². The first-order chi connectivity index (χ1) is 4.77. The summed E-state index contributed by atoms with van der Waals surface area (Å²) in [4.78, 5) is 0. The third-order valence-electron chi connectivity index (χ3n) is 1.35. The minimum absolute atomic E-state index is 0.0382. The average molecular weight is 142 g/mol. The highest BCUT2D eigenvalue weighted by molar-refractivity contribution is 5.07. The van der Waals surface area contributed by atoms with E-state index in [2.05, 4.69) is 5.10 Å². The van der Waals surface area contributed by atoms with E-state index in [1.54, 1.807) is 17.8 Å². The zero-order valence-electron chi connectivity index (χ0n) is 5.78. The molecule has 0 fully saturated rings. The number of aromatic nitrogens is 2. The zero-order valence-corrected chi connectivity index (χ0v) is 5.78. The van der Waals surface area contributed by atoms with Gasteiger partial charge in [0.25, 0.3) is 0 Å². The number of hydrogen-bond acceptors (Lipinski definition) is 3. The lowest BCUT2D eigenvalue weighted by molar-refractivity contribution is 0.270. The smallest absolute Gasteiger partial charge is 0.0882 e. The second-order valence-corrected chi connectivity index (χ2v) is 2.07. The Hall–Kier alpha value is -0.870. The molecule has 1 rings (SSSR count). The molecular weight excluding hydrogens is 132 g/mol. The van der Waals surface area contributed by atoms with Gasteiger partial charge in [-0.2, -0.15) is 5.10 Å². The van der Waals surface area contributed by atoms with Crippen molar-refractivity contribution < 1.29 is 10.2 Å². The van der Waals surface area contributed by atoms with E-state index in [0.717, 1.165) is 0 Å². The van der Waals surface area contributed by atoms with Gasteiger partial charge in [0.05, 0.1) is 24.6 Å². The minimum atomic E-state index is -0.0756. The van der Waals surface area contributed by atoms with Gasteiger partial charge in [-0.1, -0.05) is 0 Å². The monoisotopic (exact) mass is 142 g/mol. The summed E-state index contributed by atoms with van der Waals surface area (Å²) in [6, 6.07) is 1.67. The molecule has 4 heteroatoms. The van der Waals surface area contributed by atoms with Gasteiger partial charge in [0.1, 0.15) is 0 Å². The lowest BCUT2D eigenvalue weighted by atomic mass is 10.4. The van der Waals surface area contributed by atoms with Crippen LogP contribution in [0.4, 0.5) is 0 Å². The summed E-state index contributed by atoms with van der Waals surface area (Å²) in [5.74, 6) is 0. The van der Waals surface area contributed by atoms with Crippen molar-refractivity contribution >= 4 is 0 Å². The van der Waals surface area contributed by atoms with Crippen LogP contribution in [0, 0.1) is 0 Å². The molecule has 0 bridgehead atoms. The Morgan fingerprint density at radius 3 is 2.50 bits per heavy atom. The summed E-state index contributed by atoms with van der Waals surface area (Å²) in [6.07, 6.45) is 0. The van der Waals surface area contributed by atoms with Gasteiger partial charge in [-0.3, -0.25) is 4.68 Å². The number of aliphatic hydroxyl groups excluding tert-OH is 2. The molecule has 0 radical (unpaired) electrons. The Morgan fingerprint density at radius 2 is 2.20 bits per heavy atom. The van der Waals surface area contributed by atoms with E-state index < -0.39 is 0 Å². The summed E-state index contributed by atoms with van der Waals surface area (Å²) >= 11 is 0. The van der Waals surface area contributed by atoms with Crippen molar-refractivity contribution in [2.24, 2.45) is 7.05 Å². The Kier molecular flexibility index (Phi) is 2.03. The van der Waals surface area contributed by atoms with E-state index in [1.165, 1.54) is 0 Å². The van der Waals surface area contributed by atoms with Crippen molar-refractivity contribution in [2.45, 2.75) is 13.2 Å². The molecule has 0 aliphatic rings. The predicted octanol–water partition coefficient (Wildman–Crippen LogP) is -0.595. The summed E-state index contributed by atoms with van der Waals surface area (Å²) in [5.41, 5.74) is 1.30. The SMILES string of the molecule is Cn1nc(CO)cc1CO. The Morgan fingerprint density at radius 1 is 1.50 bits per heavy atom. The van der Waals surface area contributed by atoms with Crippen molar-refractivity contribution in [3.63, 3.8) is 0 Å². The average Bonchev–Trinajstić information content (AvgIpc) is 2.30. The molecule has 0 saturated carbocycles. The maximum Gasteiger partial charge on any atom is 0.0882 e. The van der Waals surface area contributed by atoms with Crippen LogP contribution in [0.5, 0.6) is 0 Å². The van der Waals surface area contributed by atoms with E-state index in [1.807, 2.05) is 0 Å². The summed E-state index contributed by atoms with van der Waals surface area (Å²) in [7, 11) is 1.73. The Balaban J connectivity index is 2.92. The molecule has 56 valence electrons. The summed E-state index contributed by atoms with van der Waals surface area (Å²) in [5, 5.41) is 21.2. The van der Waals surface area contributed by atoms with Crippen LogP contribution in [-0.2, 0) is 20.3 Å². The zero-order chi connectivity index (χ0) is 7.56. The van der Waals surface area contributed by atoms with Gasteiger partial charge in [-0.15, -0.1) is 0 Å². The fraction of sp³-hybridized carbons (Fsp3) is 0.500. The lowest BCUT2D eigenvalue weighted by Crippen LogP contribution is -1.97. The summed E-state index contributed by atoms with van der Waals surface area (Å²) in [6.45, 7) is -0.114. The first-order valence-corrected chi connectivity index (χ1v) is 3.01. The van der Waals surface area contributed by atoms with Gasteiger partial charge < -0.3 is 10.2 Å². The molecule has 2 N–H and O–H groups in total. The number of nitrogens with zero attached hydrogens (tertiary/aromatic N) is 2. The first-order valence-electron chi connectivity index (χ1n) is 3.01. The molecule has 0 aromatic carbocycles. The van der Waals surface area contributed by atoms with Gasteiger partial charge in [-0.05, 0) is 6.07 Å². The number of rotatable bonds is 2. The van der Waals surface area contributed by atoms with E-state index in [9.17, 15) is 0 Å². The van der Waals surface area contributed by atoms with Crippen LogP contribution in [0.15, 0.2) is 6.07 Å². The molecule has 0 aliphatic heterocycles. The van der Waals surface area contributed by atoms with Crippen LogP contribution in [0.3, 0.4) is 0 Å². The summed E-state index contributed by atoms with van der Waals surface area (Å²) < 4.78 is 1.55. The third-order valence-corrected chi connectivity index (χ3v) is 1.35. The standard InChI is InChI=1S/C6H10N2O2/c1-8-6(4-10)2-5(3-9)7-8/h2,9-10H,3-4H2,1H3. The first kappa shape index (κ1) is 7.24. The molecule has 1 heterocycles. The largest absolute Gasteiger partial charge is 0.390 e. The second-order valence-electron chi connectivity index (χ2n) is 2.07. The van der Waals surface area contributed by atoms with Crippen molar-refractivity contribution in [3.8, 4) is 0 Å². The van der Waals surface area contributed by atoms with Gasteiger partial charge in [0, 0.05) is 7.05 Å². The van der Waals surface area contributed by atoms with Gasteiger partial charge >= 0.3 is 0 Å². The highest BCUT2D eigenvalue weighted by atomic mass is 16.3. The molecule has 0 amide bonds. The van der Waals surface area contributed by atoms with Crippen LogP contribution >= 0.6 is 0 Å². The lowest BCUT2D eigenvalue weighted by Gasteiger charge is -1.92. The number of hydrogen-bond donors (Lipinski definition) is 2. The van der Waals surface area contributed by atoms with Crippen LogP contribution < -0.4 is 0 Å². The van der Waals surface area contributed by atoms with Gasteiger partial charge in [-0.25, -0.2) is 0 Å². The highest BCUT2D eigenvalue weighted by Crippen LogP contribution is 2.01. The Labute approximate surface area is 58.7 Å². The topological polar surface area (TPSA) is 58.3 Å². The van der Waals surface area contributed by atoms with E-state index >= 15 is 0 Å². The molecule has 0 spiro atoms. The van der Waals surface area contributed by atoms with Gasteiger partial charge in [0.2, 0.25) is 0 Å². The van der Waals surface area contributed by atoms with Crippen molar-refractivity contribution in [1.82, 2.24) is 9.78 Å². The van der Waals surface area contributed by atoms with E-state index in [0.29, 0.717) is 11.4 Å². The number of aliphatic hydroxyl groups is 2. The highest BCUT2D eigenvalue weighted by Gasteiger charge is 2.00. The quantitative estimate of drug-likeness (QED) is 0.580. The van der Waals surface area contributed by atoms with Crippen LogP contribution in [-0.4, -0.2) is 20.0 Å². The van der Waals surface area contributed by atoms with Crippen LogP contribution in [0.2, 0.25) is 0 Å². The van der Waals surface area contributed by atoms with Crippen molar-refractivity contribution in [3.05, 3.63) is 17.5 Å². The fourth-order valence-corrected chi connectivity index (χ4v) is 0.797. The maximum absolute atomic E-state index is 8.68. The molecule has 1 aromatic heterocycles. The Bertz CT molecular complexity index is 220. The third kappa shape index (κ3) is 1.17. The molecule has 4 nitrogen and oxygen atoms in total.